The summed E-state index contributed by atoms with van der Waals surface area (Å²) >= 11 is 1.56. The fourth-order valence-corrected chi connectivity index (χ4v) is 2.70. The summed E-state index contributed by atoms with van der Waals surface area (Å²) in [7, 11) is 1.95. The number of aliphatic hydroxyl groups is 1. The molecule has 0 aliphatic carbocycles. The van der Waals surface area contributed by atoms with Crippen molar-refractivity contribution in [3.63, 3.8) is 0 Å². The highest BCUT2D eigenvalue weighted by Crippen LogP contribution is 2.20. The molecule has 1 aromatic heterocycles. The van der Waals surface area contributed by atoms with Crippen LogP contribution in [0.1, 0.15) is 23.6 Å². The summed E-state index contributed by atoms with van der Waals surface area (Å²) < 4.78 is 0. The maximum atomic E-state index is 10.4. The van der Waals surface area contributed by atoms with Crippen LogP contribution in [0.5, 0.6) is 0 Å². The van der Waals surface area contributed by atoms with Crippen LogP contribution < -0.4 is 0 Å². The van der Waals surface area contributed by atoms with E-state index in [2.05, 4.69) is 0 Å². The Kier molecular flexibility index (Phi) is 5.07. The zero-order chi connectivity index (χ0) is 13.8. The highest BCUT2D eigenvalue weighted by molar-refractivity contribution is 7.12. The van der Waals surface area contributed by atoms with E-state index in [1.807, 2.05) is 24.1 Å². The van der Waals surface area contributed by atoms with Crippen LogP contribution in [0.25, 0.3) is 6.08 Å². The average molecular weight is 269 g/mol. The summed E-state index contributed by atoms with van der Waals surface area (Å²) in [6, 6.07) is 3.88. The number of rotatable bonds is 6. The van der Waals surface area contributed by atoms with E-state index in [0.29, 0.717) is 6.54 Å². The first-order chi connectivity index (χ1) is 8.26. The fourth-order valence-electron chi connectivity index (χ4n) is 1.70. The second kappa shape index (κ2) is 6.13. The molecular weight excluding hydrogens is 250 g/mol. The summed E-state index contributed by atoms with van der Waals surface area (Å²) in [5.74, 6) is -0.941. The van der Waals surface area contributed by atoms with Gasteiger partial charge in [-0.15, -0.1) is 11.3 Å². The van der Waals surface area contributed by atoms with Crippen molar-refractivity contribution in [3.05, 3.63) is 28.0 Å². The van der Waals surface area contributed by atoms with E-state index in [4.69, 9.17) is 5.11 Å². The summed E-state index contributed by atoms with van der Waals surface area (Å²) in [6.45, 7) is 4.89. The molecule has 0 aromatic carbocycles. The van der Waals surface area contributed by atoms with Crippen LogP contribution in [-0.2, 0) is 11.3 Å². The van der Waals surface area contributed by atoms with Gasteiger partial charge in [-0.1, -0.05) is 0 Å². The van der Waals surface area contributed by atoms with E-state index >= 15 is 0 Å². The van der Waals surface area contributed by atoms with Crippen molar-refractivity contribution in [3.8, 4) is 0 Å². The summed E-state index contributed by atoms with van der Waals surface area (Å²) in [4.78, 5) is 14.5. The van der Waals surface area contributed by atoms with Gasteiger partial charge in [-0.2, -0.15) is 0 Å². The lowest BCUT2D eigenvalue weighted by atomic mass is 10.1. The third-order valence-corrected chi connectivity index (χ3v) is 3.19. The molecule has 0 amide bonds. The lowest BCUT2D eigenvalue weighted by Crippen LogP contribution is -2.35. The van der Waals surface area contributed by atoms with Crippen molar-refractivity contribution >= 4 is 23.4 Å². The Morgan fingerprint density at radius 3 is 2.72 bits per heavy atom. The van der Waals surface area contributed by atoms with Crippen LogP contribution in [-0.4, -0.2) is 40.3 Å². The summed E-state index contributed by atoms with van der Waals surface area (Å²) in [5, 5.41) is 18.2. The number of carboxylic acids is 1. The Balaban J connectivity index is 2.56. The van der Waals surface area contributed by atoms with Crippen LogP contribution >= 0.6 is 11.3 Å². The number of hydrogen-bond donors (Lipinski definition) is 2. The normalized spacial score (nSPS) is 12.5. The van der Waals surface area contributed by atoms with Crippen LogP contribution in [0, 0.1) is 0 Å². The molecule has 0 aliphatic heterocycles. The first-order valence-corrected chi connectivity index (χ1v) is 6.48. The van der Waals surface area contributed by atoms with Crippen LogP contribution in [0.4, 0.5) is 0 Å². The molecule has 2 N–H and O–H groups in total. The highest BCUT2D eigenvalue weighted by atomic mass is 32.1. The fraction of sp³-hybridized carbons (Fsp3) is 0.462. The molecule has 0 saturated carbocycles. The molecule has 4 nitrogen and oxygen atoms in total. The van der Waals surface area contributed by atoms with Crippen molar-refractivity contribution < 1.29 is 15.0 Å². The topological polar surface area (TPSA) is 60.8 Å². The Morgan fingerprint density at radius 2 is 2.17 bits per heavy atom. The molecular formula is C13H19NO3S. The minimum Gasteiger partial charge on any atom is -0.478 e. The van der Waals surface area contributed by atoms with Gasteiger partial charge in [0.15, 0.2) is 0 Å². The maximum Gasteiger partial charge on any atom is 0.328 e. The molecule has 0 fully saturated rings. The zero-order valence-corrected chi connectivity index (χ0v) is 11.7. The standard InChI is InChI=1S/C13H19NO3S/c1-13(2,17)9-14(3)8-11-5-4-10(18-11)6-7-12(15)16/h4-7,17H,8-9H2,1-3H3,(H,15,16). The van der Waals surface area contributed by atoms with Crippen molar-refractivity contribution in [2.75, 3.05) is 13.6 Å². The van der Waals surface area contributed by atoms with Gasteiger partial charge in [0.1, 0.15) is 0 Å². The third-order valence-electron chi connectivity index (χ3n) is 2.16. The average Bonchev–Trinajstić information content (AvgIpc) is 2.59. The van der Waals surface area contributed by atoms with Gasteiger partial charge >= 0.3 is 5.97 Å². The number of carboxylic acid groups (broad SMARTS) is 1. The zero-order valence-electron chi connectivity index (χ0n) is 10.9. The minimum atomic E-state index is -0.941. The predicted octanol–water partition coefficient (Wildman–Crippen LogP) is 2.05. The Labute approximate surface area is 111 Å². The van der Waals surface area contributed by atoms with Gasteiger partial charge in [-0.05, 0) is 39.1 Å². The van der Waals surface area contributed by atoms with Crippen molar-refractivity contribution in [2.45, 2.75) is 26.0 Å². The second-order valence-corrected chi connectivity index (χ2v) is 6.16. The number of likely N-dealkylation sites (N-methyl/N-ethyl adjacent to an activating group) is 1. The molecule has 0 saturated heterocycles. The van der Waals surface area contributed by atoms with Crippen molar-refractivity contribution in [1.82, 2.24) is 4.90 Å². The van der Waals surface area contributed by atoms with Gasteiger partial charge in [-0.3, -0.25) is 4.90 Å². The molecule has 0 spiro atoms. The minimum absolute atomic E-state index is 0.588. The van der Waals surface area contributed by atoms with E-state index in [-0.39, 0.29) is 0 Å². The lowest BCUT2D eigenvalue weighted by molar-refractivity contribution is -0.131. The number of thiophene rings is 1. The van der Waals surface area contributed by atoms with Crippen LogP contribution in [0.3, 0.4) is 0 Å². The Bertz CT molecular complexity index is 432. The van der Waals surface area contributed by atoms with Crippen LogP contribution in [0.15, 0.2) is 18.2 Å². The Morgan fingerprint density at radius 1 is 1.50 bits per heavy atom. The molecule has 0 aliphatic rings. The maximum absolute atomic E-state index is 10.4. The van der Waals surface area contributed by atoms with E-state index in [1.165, 1.54) is 0 Å². The van der Waals surface area contributed by atoms with Gasteiger partial charge in [0.05, 0.1) is 5.60 Å². The molecule has 1 heterocycles. The molecule has 0 radical (unpaired) electrons. The first-order valence-electron chi connectivity index (χ1n) is 5.67. The van der Waals surface area contributed by atoms with Gasteiger partial charge < -0.3 is 10.2 Å². The summed E-state index contributed by atoms with van der Waals surface area (Å²) in [6.07, 6.45) is 2.72. The third kappa shape index (κ3) is 5.95. The lowest BCUT2D eigenvalue weighted by Gasteiger charge is -2.24. The van der Waals surface area contributed by atoms with E-state index in [1.54, 1.807) is 31.3 Å². The number of nitrogens with zero attached hydrogens (tertiary/aromatic N) is 1. The molecule has 100 valence electrons. The van der Waals surface area contributed by atoms with Crippen molar-refractivity contribution in [2.24, 2.45) is 0 Å². The Hall–Kier alpha value is -1.17. The van der Waals surface area contributed by atoms with Gasteiger partial charge in [0, 0.05) is 28.9 Å². The first kappa shape index (κ1) is 14.9. The number of hydrogen-bond acceptors (Lipinski definition) is 4. The van der Waals surface area contributed by atoms with E-state index < -0.39 is 11.6 Å². The summed E-state index contributed by atoms with van der Waals surface area (Å²) in [5.41, 5.74) is -0.710. The molecule has 0 unspecified atom stereocenters. The number of aliphatic carboxylic acids is 1. The van der Waals surface area contributed by atoms with E-state index in [9.17, 15) is 9.90 Å². The SMILES string of the molecule is CN(Cc1ccc(C=CC(=O)O)s1)CC(C)(C)O. The predicted molar refractivity (Wildman–Crippen MR) is 73.6 cm³/mol. The largest absolute Gasteiger partial charge is 0.478 e. The van der Waals surface area contributed by atoms with Crippen molar-refractivity contribution in [1.29, 1.82) is 0 Å². The molecule has 1 aromatic rings. The molecule has 0 bridgehead atoms. The molecule has 1 rings (SSSR count). The van der Waals surface area contributed by atoms with Crippen LogP contribution in [0.2, 0.25) is 0 Å². The quantitative estimate of drug-likeness (QED) is 0.776. The van der Waals surface area contributed by atoms with E-state index in [0.717, 1.165) is 22.4 Å². The molecule has 5 heteroatoms. The van der Waals surface area contributed by atoms with Gasteiger partial charge in [0.2, 0.25) is 0 Å². The van der Waals surface area contributed by atoms with Gasteiger partial charge in [0.25, 0.3) is 0 Å². The van der Waals surface area contributed by atoms with Gasteiger partial charge in [-0.25, -0.2) is 4.79 Å². The monoisotopic (exact) mass is 269 g/mol. The number of carbonyl (C=O) groups is 1. The highest BCUT2D eigenvalue weighted by Gasteiger charge is 2.15. The smallest absolute Gasteiger partial charge is 0.328 e. The molecule has 0 atom stereocenters. The second-order valence-electron chi connectivity index (χ2n) is 4.96. The molecule has 18 heavy (non-hydrogen) atoms.